The van der Waals surface area contributed by atoms with Gasteiger partial charge in [0.05, 0.1) is 25.1 Å². The van der Waals surface area contributed by atoms with Gasteiger partial charge in [0.15, 0.2) is 5.60 Å². The largest absolute Gasteiger partial charge is 0.497 e. The lowest BCUT2D eigenvalue weighted by Gasteiger charge is -2.19. The van der Waals surface area contributed by atoms with Gasteiger partial charge in [-0.1, -0.05) is 24.3 Å². The van der Waals surface area contributed by atoms with Gasteiger partial charge in [0, 0.05) is 5.56 Å². The van der Waals surface area contributed by atoms with Crippen LogP contribution in [0.4, 0.5) is 4.39 Å². The molecule has 6 nitrogen and oxygen atoms in total. The lowest BCUT2D eigenvalue weighted by Crippen LogP contribution is -2.34. The van der Waals surface area contributed by atoms with Gasteiger partial charge >= 0.3 is 5.97 Å². The van der Waals surface area contributed by atoms with Crippen LogP contribution in [-0.2, 0) is 16.1 Å². The third kappa shape index (κ3) is 4.04. The van der Waals surface area contributed by atoms with Gasteiger partial charge in [0.1, 0.15) is 17.3 Å². The molecule has 0 aliphatic carbocycles. The van der Waals surface area contributed by atoms with Crippen LogP contribution in [0.5, 0.6) is 5.75 Å². The van der Waals surface area contributed by atoms with E-state index in [9.17, 15) is 14.3 Å². The number of halogens is 1. The first-order valence-electron chi connectivity index (χ1n) is 8.67. The van der Waals surface area contributed by atoms with E-state index in [4.69, 9.17) is 9.47 Å². The number of para-hydroxylation sites is 1. The number of aromatic nitrogens is 2. The molecule has 0 unspecified atom stereocenters. The molecule has 7 heteroatoms. The van der Waals surface area contributed by atoms with Crippen molar-refractivity contribution in [1.29, 1.82) is 0 Å². The van der Waals surface area contributed by atoms with Gasteiger partial charge < -0.3 is 14.6 Å². The molecule has 1 aromatic heterocycles. The predicted octanol–water partition coefficient (Wildman–Crippen LogP) is 4.07. The number of carbonyl (C=O) groups is 1. The van der Waals surface area contributed by atoms with E-state index in [0.717, 1.165) is 5.56 Å². The highest BCUT2D eigenvalue weighted by Crippen LogP contribution is 2.28. The second-order valence-electron chi connectivity index (χ2n) is 6.72. The van der Waals surface area contributed by atoms with Gasteiger partial charge in [-0.3, -0.25) is 0 Å². The number of ether oxygens (including phenoxy) is 2. The van der Waals surface area contributed by atoms with Gasteiger partial charge in [0.25, 0.3) is 0 Å². The van der Waals surface area contributed by atoms with Crippen molar-refractivity contribution < 1.29 is 23.8 Å². The van der Waals surface area contributed by atoms with E-state index in [0.29, 0.717) is 17.1 Å². The summed E-state index contributed by atoms with van der Waals surface area (Å²) in [6, 6.07) is 15.4. The molecule has 1 N–H and O–H groups in total. The molecule has 3 aromatic rings. The SMILES string of the molecule is COc1cccc(-c2cc(COC(C)(C)C(=O)O)nn2-c2ccccc2F)c1. The predicted molar refractivity (Wildman–Crippen MR) is 102 cm³/mol. The fourth-order valence-corrected chi connectivity index (χ4v) is 2.61. The van der Waals surface area contributed by atoms with E-state index in [1.165, 1.54) is 24.6 Å². The van der Waals surface area contributed by atoms with Crippen molar-refractivity contribution in [2.24, 2.45) is 0 Å². The Labute approximate surface area is 162 Å². The fraction of sp³-hybridized carbons (Fsp3) is 0.238. The van der Waals surface area contributed by atoms with E-state index in [-0.39, 0.29) is 12.3 Å². The Morgan fingerprint density at radius 2 is 1.93 bits per heavy atom. The fourth-order valence-electron chi connectivity index (χ4n) is 2.61. The molecule has 28 heavy (non-hydrogen) atoms. The minimum absolute atomic E-state index is 0.0300. The summed E-state index contributed by atoms with van der Waals surface area (Å²) in [5.41, 5.74) is 0.812. The number of carboxylic acids is 1. The van der Waals surface area contributed by atoms with Crippen LogP contribution in [0.2, 0.25) is 0 Å². The molecular formula is C21H21FN2O4. The molecule has 0 spiro atoms. The Morgan fingerprint density at radius 3 is 2.61 bits per heavy atom. The molecule has 0 atom stereocenters. The summed E-state index contributed by atoms with van der Waals surface area (Å²) in [6.45, 7) is 2.90. The smallest absolute Gasteiger partial charge is 0.335 e. The third-order valence-corrected chi connectivity index (χ3v) is 4.30. The summed E-state index contributed by atoms with van der Waals surface area (Å²) in [4.78, 5) is 11.3. The lowest BCUT2D eigenvalue weighted by molar-refractivity contribution is -0.162. The van der Waals surface area contributed by atoms with E-state index >= 15 is 0 Å². The van der Waals surface area contributed by atoms with Crippen molar-refractivity contribution in [1.82, 2.24) is 9.78 Å². The zero-order valence-corrected chi connectivity index (χ0v) is 15.8. The summed E-state index contributed by atoms with van der Waals surface area (Å²) in [6.07, 6.45) is 0. The number of nitrogens with zero attached hydrogens (tertiary/aromatic N) is 2. The molecular weight excluding hydrogens is 363 g/mol. The molecule has 0 radical (unpaired) electrons. The zero-order valence-electron chi connectivity index (χ0n) is 15.8. The van der Waals surface area contributed by atoms with Gasteiger partial charge in [-0.05, 0) is 44.2 Å². The Hall–Kier alpha value is -3.19. The average molecular weight is 384 g/mol. The van der Waals surface area contributed by atoms with Crippen molar-refractivity contribution in [3.8, 4) is 22.7 Å². The monoisotopic (exact) mass is 384 g/mol. The topological polar surface area (TPSA) is 73.6 Å². The first kappa shape index (κ1) is 19.6. The van der Waals surface area contributed by atoms with Crippen molar-refractivity contribution >= 4 is 5.97 Å². The maximum Gasteiger partial charge on any atom is 0.335 e. The summed E-state index contributed by atoms with van der Waals surface area (Å²) < 4.78 is 26.7. The van der Waals surface area contributed by atoms with E-state index < -0.39 is 17.4 Å². The van der Waals surface area contributed by atoms with Crippen LogP contribution in [0.15, 0.2) is 54.6 Å². The normalized spacial score (nSPS) is 11.4. The highest BCUT2D eigenvalue weighted by molar-refractivity contribution is 5.76. The Morgan fingerprint density at radius 1 is 1.18 bits per heavy atom. The quantitative estimate of drug-likeness (QED) is 0.665. The van der Waals surface area contributed by atoms with E-state index in [1.807, 2.05) is 24.3 Å². The molecule has 0 fully saturated rings. The summed E-state index contributed by atoms with van der Waals surface area (Å²) in [5.74, 6) is -0.842. The number of methoxy groups -OCH3 is 1. The Balaban J connectivity index is 2.05. The molecule has 2 aromatic carbocycles. The molecule has 0 saturated heterocycles. The van der Waals surface area contributed by atoms with Crippen LogP contribution >= 0.6 is 0 Å². The summed E-state index contributed by atoms with van der Waals surface area (Å²) in [7, 11) is 1.57. The van der Waals surface area contributed by atoms with Gasteiger partial charge in [-0.2, -0.15) is 5.10 Å². The summed E-state index contributed by atoms with van der Waals surface area (Å²) in [5, 5.41) is 13.7. The van der Waals surface area contributed by atoms with Crippen LogP contribution in [0.25, 0.3) is 16.9 Å². The van der Waals surface area contributed by atoms with Gasteiger partial charge in [-0.25, -0.2) is 13.9 Å². The number of hydrogen-bond acceptors (Lipinski definition) is 4. The van der Waals surface area contributed by atoms with E-state index in [2.05, 4.69) is 5.10 Å². The lowest BCUT2D eigenvalue weighted by atomic mass is 10.1. The molecule has 0 aliphatic rings. The minimum atomic E-state index is -1.36. The molecule has 0 amide bonds. The number of benzene rings is 2. The molecule has 3 rings (SSSR count). The third-order valence-electron chi connectivity index (χ3n) is 4.30. The number of aliphatic carboxylic acids is 1. The van der Waals surface area contributed by atoms with Crippen LogP contribution in [-0.4, -0.2) is 33.6 Å². The van der Waals surface area contributed by atoms with Crippen molar-refractivity contribution in [3.05, 3.63) is 66.1 Å². The maximum absolute atomic E-state index is 14.4. The first-order chi connectivity index (χ1) is 13.3. The average Bonchev–Trinajstić information content (AvgIpc) is 3.11. The molecule has 0 bridgehead atoms. The molecule has 0 saturated carbocycles. The first-order valence-corrected chi connectivity index (χ1v) is 8.67. The van der Waals surface area contributed by atoms with Crippen LogP contribution in [0.3, 0.4) is 0 Å². The number of hydrogen-bond donors (Lipinski definition) is 1. The van der Waals surface area contributed by atoms with Gasteiger partial charge in [0.2, 0.25) is 0 Å². The molecule has 1 heterocycles. The number of carboxylic acid groups (broad SMARTS) is 1. The molecule has 0 aliphatic heterocycles. The Kier molecular flexibility index (Phi) is 5.46. The minimum Gasteiger partial charge on any atom is -0.497 e. The second kappa shape index (κ2) is 7.82. The Bertz CT molecular complexity index is 998. The second-order valence-corrected chi connectivity index (χ2v) is 6.72. The van der Waals surface area contributed by atoms with Crippen molar-refractivity contribution in [2.75, 3.05) is 7.11 Å². The maximum atomic E-state index is 14.4. The van der Waals surface area contributed by atoms with Gasteiger partial charge in [-0.15, -0.1) is 0 Å². The standard InChI is InChI=1S/C21H21FN2O4/c1-21(2,20(25)26)28-13-15-12-19(14-7-6-8-16(11-14)27-3)24(23-15)18-10-5-4-9-17(18)22/h4-12H,13H2,1-3H3,(H,25,26). The van der Waals surface area contributed by atoms with Crippen molar-refractivity contribution in [3.63, 3.8) is 0 Å². The zero-order chi connectivity index (χ0) is 20.3. The highest BCUT2D eigenvalue weighted by atomic mass is 19.1. The van der Waals surface area contributed by atoms with E-state index in [1.54, 1.807) is 31.4 Å². The van der Waals surface area contributed by atoms with Crippen LogP contribution < -0.4 is 4.74 Å². The highest BCUT2D eigenvalue weighted by Gasteiger charge is 2.28. The summed E-state index contributed by atoms with van der Waals surface area (Å²) >= 11 is 0. The number of rotatable bonds is 7. The van der Waals surface area contributed by atoms with Crippen LogP contribution in [0, 0.1) is 5.82 Å². The van der Waals surface area contributed by atoms with Crippen molar-refractivity contribution in [2.45, 2.75) is 26.1 Å². The van der Waals surface area contributed by atoms with Crippen LogP contribution in [0.1, 0.15) is 19.5 Å². The molecule has 146 valence electrons.